The Balaban J connectivity index is 2.70. The Kier molecular flexibility index (Phi) is 6.32. The maximum atomic E-state index is 11.4. The van der Waals surface area contributed by atoms with Crippen LogP contribution < -0.4 is 11.1 Å². The van der Waals surface area contributed by atoms with E-state index in [1.54, 1.807) is 0 Å². The van der Waals surface area contributed by atoms with Crippen LogP contribution in [-0.2, 0) is 14.3 Å². The summed E-state index contributed by atoms with van der Waals surface area (Å²) >= 11 is 0. The third-order valence-electron chi connectivity index (χ3n) is 2.64. The smallest absolute Gasteiger partial charge is 0.330 e. The number of primary amides is 1. The monoisotopic (exact) mass is 292 g/mol. The third kappa shape index (κ3) is 6.03. The minimum Gasteiger partial charge on any atom is -0.466 e. The van der Waals surface area contributed by atoms with Gasteiger partial charge in [-0.2, -0.15) is 0 Å². The summed E-state index contributed by atoms with van der Waals surface area (Å²) < 4.78 is 4.47. The lowest BCUT2D eigenvalue weighted by atomic mass is 10.0. The molecule has 1 aromatic rings. The minimum absolute atomic E-state index is 0.324. The predicted molar refractivity (Wildman–Crippen MR) is 79.1 cm³/mol. The number of carbonyl (C=O) groups is 2. The van der Waals surface area contributed by atoms with Gasteiger partial charge in [0.05, 0.1) is 25.2 Å². The lowest BCUT2D eigenvalue weighted by molar-refractivity contribution is -0.134. The number of aromatic nitrogens is 2. The van der Waals surface area contributed by atoms with Crippen LogP contribution in [0, 0.1) is 5.92 Å². The van der Waals surface area contributed by atoms with E-state index in [2.05, 4.69) is 20.0 Å². The van der Waals surface area contributed by atoms with Crippen LogP contribution in [-0.4, -0.2) is 35.0 Å². The molecule has 21 heavy (non-hydrogen) atoms. The van der Waals surface area contributed by atoms with E-state index >= 15 is 0 Å². The summed E-state index contributed by atoms with van der Waals surface area (Å²) in [4.78, 5) is 30.6. The summed E-state index contributed by atoms with van der Waals surface area (Å²) in [5.41, 5.74) is 5.85. The van der Waals surface area contributed by atoms with Crippen molar-refractivity contribution in [3.63, 3.8) is 0 Å². The van der Waals surface area contributed by atoms with Crippen LogP contribution in [0.3, 0.4) is 0 Å². The van der Waals surface area contributed by atoms with Gasteiger partial charge in [0.25, 0.3) is 0 Å². The number of nitrogens with two attached hydrogens (primary N) is 1. The Hall–Kier alpha value is -2.44. The van der Waals surface area contributed by atoms with Crippen LogP contribution in [0.4, 0.5) is 5.82 Å². The molecular formula is C14H20N4O3. The van der Waals surface area contributed by atoms with E-state index in [0.717, 1.165) is 0 Å². The number of anilines is 1. The molecule has 0 saturated carbocycles. The van der Waals surface area contributed by atoms with Gasteiger partial charge in [0.1, 0.15) is 11.9 Å². The average Bonchev–Trinajstić information content (AvgIpc) is 2.44. The van der Waals surface area contributed by atoms with E-state index < -0.39 is 17.9 Å². The molecule has 0 radical (unpaired) electrons. The Labute approximate surface area is 123 Å². The zero-order valence-electron chi connectivity index (χ0n) is 12.4. The fourth-order valence-electron chi connectivity index (χ4n) is 1.62. The number of nitrogens with one attached hydrogen (secondary N) is 1. The Morgan fingerprint density at radius 3 is 2.57 bits per heavy atom. The minimum atomic E-state index is -0.490. The molecule has 7 heteroatoms. The number of ether oxygens (including phenoxy) is 1. The maximum Gasteiger partial charge on any atom is 0.330 e. The lowest BCUT2D eigenvalue weighted by Gasteiger charge is -2.17. The van der Waals surface area contributed by atoms with Gasteiger partial charge in [-0.1, -0.05) is 13.8 Å². The van der Waals surface area contributed by atoms with Crippen molar-refractivity contribution < 1.29 is 14.3 Å². The van der Waals surface area contributed by atoms with Gasteiger partial charge in [-0.25, -0.2) is 9.78 Å². The number of amides is 1. The topological polar surface area (TPSA) is 107 Å². The number of esters is 1. The van der Waals surface area contributed by atoms with Crippen molar-refractivity contribution in [2.75, 3.05) is 12.4 Å². The van der Waals surface area contributed by atoms with Gasteiger partial charge < -0.3 is 15.8 Å². The summed E-state index contributed by atoms with van der Waals surface area (Å²) in [5.74, 6) is -0.121. The van der Waals surface area contributed by atoms with E-state index in [-0.39, 0.29) is 0 Å². The molecule has 0 saturated heterocycles. The molecule has 1 aromatic heterocycles. The highest BCUT2D eigenvalue weighted by atomic mass is 16.5. The predicted octanol–water partition coefficient (Wildman–Crippen LogP) is 0.975. The summed E-state index contributed by atoms with van der Waals surface area (Å²) in [7, 11) is 1.30. The first-order valence-corrected chi connectivity index (χ1v) is 6.56. The number of rotatable bonds is 7. The van der Waals surface area contributed by atoms with E-state index in [1.165, 1.54) is 31.7 Å². The third-order valence-corrected chi connectivity index (χ3v) is 2.64. The SMILES string of the molecule is COC(=O)C=Cc1cnc(N[C@H](CC(C)C)C(N)=O)cn1. The van der Waals surface area contributed by atoms with Crippen molar-refractivity contribution in [1.29, 1.82) is 0 Å². The van der Waals surface area contributed by atoms with Crippen molar-refractivity contribution in [2.24, 2.45) is 11.7 Å². The normalized spacial score (nSPS) is 12.4. The quantitative estimate of drug-likeness (QED) is 0.573. The molecule has 0 spiro atoms. The van der Waals surface area contributed by atoms with Crippen LogP contribution in [0.5, 0.6) is 0 Å². The van der Waals surface area contributed by atoms with Crippen molar-refractivity contribution in [2.45, 2.75) is 26.3 Å². The van der Waals surface area contributed by atoms with E-state index in [1.807, 2.05) is 13.8 Å². The second-order valence-electron chi connectivity index (χ2n) is 4.91. The van der Waals surface area contributed by atoms with Crippen molar-refractivity contribution in [3.05, 3.63) is 24.2 Å². The molecule has 1 rings (SSSR count). The fourth-order valence-corrected chi connectivity index (χ4v) is 1.62. The summed E-state index contributed by atoms with van der Waals surface area (Å²) in [5, 5.41) is 2.95. The van der Waals surface area contributed by atoms with Crippen LogP contribution in [0.1, 0.15) is 26.0 Å². The fraction of sp³-hybridized carbons (Fsp3) is 0.429. The highest BCUT2D eigenvalue weighted by Gasteiger charge is 2.17. The molecule has 0 aliphatic carbocycles. The van der Waals surface area contributed by atoms with Gasteiger partial charge in [-0.05, 0) is 18.4 Å². The number of hydrogen-bond donors (Lipinski definition) is 2. The molecule has 0 fully saturated rings. The molecule has 0 bridgehead atoms. The van der Waals surface area contributed by atoms with Crippen LogP contribution in [0.25, 0.3) is 6.08 Å². The van der Waals surface area contributed by atoms with Gasteiger partial charge in [-0.15, -0.1) is 0 Å². The maximum absolute atomic E-state index is 11.4. The molecule has 0 unspecified atom stereocenters. The summed E-state index contributed by atoms with van der Waals surface area (Å²) in [6, 6.07) is -0.490. The van der Waals surface area contributed by atoms with E-state index in [0.29, 0.717) is 23.9 Å². The Bertz CT molecular complexity index is 511. The van der Waals surface area contributed by atoms with Crippen LogP contribution in [0.2, 0.25) is 0 Å². The summed E-state index contributed by atoms with van der Waals surface area (Å²) in [6.45, 7) is 4.01. The number of carbonyl (C=O) groups excluding carboxylic acids is 2. The number of nitrogens with zero attached hydrogens (tertiary/aromatic N) is 2. The standard InChI is InChI=1S/C14H20N4O3/c1-9(2)6-11(14(15)20)18-12-8-16-10(7-17-12)4-5-13(19)21-3/h4-5,7-9,11H,6H2,1-3H3,(H2,15,20)(H,17,18)/t11-/m1/s1. The van der Waals surface area contributed by atoms with E-state index in [9.17, 15) is 9.59 Å². The van der Waals surface area contributed by atoms with E-state index in [4.69, 9.17) is 5.73 Å². The van der Waals surface area contributed by atoms with Gasteiger partial charge >= 0.3 is 5.97 Å². The molecule has 0 aromatic carbocycles. The molecule has 1 amide bonds. The molecule has 7 nitrogen and oxygen atoms in total. The van der Waals surface area contributed by atoms with Gasteiger partial charge in [-0.3, -0.25) is 9.78 Å². The van der Waals surface area contributed by atoms with Gasteiger partial charge in [0.15, 0.2) is 0 Å². The Morgan fingerprint density at radius 2 is 2.10 bits per heavy atom. The zero-order chi connectivity index (χ0) is 15.8. The summed E-state index contributed by atoms with van der Waals surface area (Å²) in [6.07, 6.45) is 6.31. The lowest BCUT2D eigenvalue weighted by Crippen LogP contribution is -2.36. The van der Waals surface area contributed by atoms with Gasteiger partial charge in [0.2, 0.25) is 5.91 Å². The first-order chi connectivity index (χ1) is 9.92. The molecule has 3 N–H and O–H groups in total. The zero-order valence-corrected chi connectivity index (χ0v) is 12.4. The largest absolute Gasteiger partial charge is 0.466 e. The molecule has 0 aliphatic rings. The van der Waals surface area contributed by atoms with Gasteiger partial charge in [0, 0.05) is 6.08 Å². The Morgan fingerprint density at radius 1 is 1.38 bits per heavy atom. The van der Waals surface area contributed by atoms with Crippen molar-refractivity contribution >= 4 is 23.8 Å². The molecule has 1 heterocycles. The second kappa shape index (κ2) is 7.98. The first-order valence-electron chi connectivity index (χ1n) is 6.56. The number of hydrogen-bond acceptors (Lipinski definition) is 6. The molecule has 114 valence electrons. The highest BCUT2D eigenvalue weighted by Crippen LogP contribution is 2.10. The second-order valence-corrected chi connectivity index (χ2v) is 4.91. The van der Waals surface area contributed by atoms with Crippen molar-refractivity contribution in [3.8, 4) is 0 Å². The van der Waals surface area contributed by atoms with Crippen LogP contribution >= 0.6 is 0 Å². The van der Waals surface area contributed by atoms with Crippen molar-refractivity contribution in [1.82, 2.24) is 9.97 Å². The molecule has 1 atom stereocenters. The number of methoxy groups -OCH3 is 1. The first kappa shape index (κ1) is 16.6. The highest BCUT2D eigenvalue weighted by molar-refractivity contribution is 5.86. The van der Waals surface area contributed by atoms with Crippen LogP contribution in [0.15, 0.2) is 18.5 Å². The average molecular weight is 292 g/mol. The molecular weight excluding hydrogens is 272 g/mol. The molecule has 0 aliphatic heterocycles.